The van der Waals surface area contributed by atoms with Crippen LogP contribution in [0, 0.1) is 14.4 Å². The van der Waals surface area contributed by atoms with Crippen molar-refractivity contribution in [2.45, 2.75) is 33.6 Å². The van der Waals surface area contributed by atoms with E-state index in [2.05, 4.69) is 5.10 Å². The number of hydrogen-bond acceptors (Lipinski definition) is 3. The van der Waals surface area contributed by atoms with Crippen molar-refractivity contribution in [3.63, 3.8) is 0 Å². The Labute approximate surface area is 203 Å². The first-order valence-electron chi connectivity index (χ1n) is 9.07. The minimum absolute atomic E-state index is 0. The van der Waals surface area contributed by atoms with Gasteiger partial charge in [0.15, 0.2) is 5.75 Å². The van der Waals surface area contributed by atoms with E-state index in [1.54, 1.807) is 7.05 Å². The van der Waals surface area contributed by atoms with Crippen LogP contribution in [-0.2, 0) is 52.6 Å². The second kappa shape index (κ2) is 12.9. The molecule has 3 rings (SSSR count). The van der Waals surface area contributed by atoms with Gasteiger partial charge in [-0.1, -0.05) is 61.8 Å². The van der Waals surface area contributed by atoms with Crippen molar-refractivity contribution in [1.82, 2.24) is 9.78 Å². The zero-order valence-corrected chi connectivity index (χ0v) is 21.3. The van der Waals surface area contributed by atoms with Crippen molar-refractivity contribution in [2.24, 2.45) is 7.05 Å². The summed E-state index contributed by atoms with van der Waals surface area (Å²) in [4.78, 5) is 12.5. The van der Waals surface area contributed by atoms with Crippen LogP contribution in [0.3, 0.4) is 0 Å². The maximum absolute atomic E-state index is 12.5. The molecule has 0 aliphatic carbocycles. The Bertz CT molecular complexity index is 970. The molecule has 6 heteroatoms. The Morgan fingerprint density at radius 1 is 1.03 bits per heavy atom. The van der Waals surface area contributed by atoms with Crippen LogP contribution in [0.15, 0.2) is 53.3 Å². The number of aromatic hydroxyl groups is 1. The SMILES string of the molecule is CC.Cc1ccccc1-c1c(O)c(CCc2ccc(Cl)cc2)nn(C)c1=O.[CH3-].[Y]. The van der Waals surface area contributed by atoms with Crippen molar-refractivity contribution in [3.8, 4) is 16.9 Å². The molecule has 1 radical (unpaired) electrons. The smallest absolute Gasteiger partial charge is 0.278 e. The average Bonchev–Trinajstić information content (AvgIpc) is 2.68. The van der Waals surface area contributed by atoms with Gasteiger partial charge in [0.25, 0.3) is 5.56 Å². The first-order valence-corrected chi connectivity index (χ1v) is 9.44. The molecule has 0 saturated carbocycles. The largest absolute Gasteiger partial charge is 0.505 e. The summed E-state index contributed by atoms with van der Waals surface area (Å²) >= 11 is 5.91. The number of hydrogen-bond donors (Lipinski definition) is 1. The molecule has 1 aromatic heterocycles. The van der Waals surface area contributed by atoms with Crippen molar-refractivity contribution in [3.05, 3.63) is 88.2 Å². The number of rotatable bonds is 4. The van der Waals surface area contributed by atoms with Crippen LogP contribution in [-0.4, -0.2) is 14.9 Å². The summed E-state index contributed by atoms with van der Waals surface area (Å²) in [5.74, 6) is -0.0358. The molecule has 0 spiro atoms. The van der Waals surface area contributed by atoms with Gasteiger partial charge in [0.1, 0.15) is 5.69 Å². The minimum atomic E-state index is -0.304. The summed E-state index contributed by atoms with van der Waals surface area (Å²) < 4.78 is 1.29. The molecule has 1 heterocycles. The number of aryl methyl sites for hydroxylation is 4. The van der Waals surface area contributed by atoms with Crippen molar-refractivity contribution < 1.29 is 37.8 Å². The summed E-state index contributed by atoms with van der Waals surface area (Å²) in [6, 6.07) is 15.1. The molecule has 0 saturated heterocycles. The fourth-order valence-electron chi connectivity index (χ4n) is 2.86. The molecular weight excluding hydrogens is 461 g/mol. The Hall–Kier alpha value is -1.49. The van der Waals surface area contributed by atoms with E-state index < -0.39 is 0 Å². The molecule has 3 aromatic rings. The first kappa shape index (κ1) is 27.5. The topological polar surface area (TPSA) is 55.1 Å². The summed E-state index contributed by atoms with van der Waals surface area (Å²) in [6.07, 6.45) is 1.23. The molecule has 0 amide bonds. The monoisotopic (exact) mass is 488 g/mol. The van der Waals surface area contributed by atoms with E-state index in [0.717, 1.165) is 16.7 Å². The van der Waals surface area contributed by atoms with Gasteiger partial charge in [-0.3, -0.25) is 4.79 Å². The molecule has 1 N–H and O–H groups in total. The van der Waals surface area contributed by atoms with Crippen LogP contribution < -0.4 is 5.56 Å². The van der Waals surface area contributed by atoms with Crippen LogP contribution in [0.2, 0.25) is 5.02 Å². The van der Waals surface area contributed by atoms with Crippen LogP contribution in [0.1, 0.15) is 30.7 Å². The van der Waals surface area contributed by atoms with E-state index in [-0.39, 0.29) is 51.4 Å². The van der Waals surface area contributed by atoms with E-state index >= 15 is 0 Å². The summed E-state index contributed by atoms with van der Waals surface area (Å²) in [5, 5.41) is 15.6. The molecule has 0 aliphatic rings. The van der Waals surface area contributed by atoms with E-state index in [4.69, 9.17) is 11.6 Å². The molecule has 153 valence electrons. The van der Waals surface area contributed by atoms with Crippen LogP contribution >= 0.6 is 11.6 Å². The first-order chi connectivity index (χ1) is 13.0. The average molecular weight is 489 g/mol. The van der Waals surface area contributed by atoms with Gasteiger partial charge in [0, 0.05) is 44.8 Å². The third-order valence-electron chi connectivity index (χ3n) is 4.27. The maximum Gasteiger partial charge on any atom is 0.278 e. The fraction of sp³-hybridized carbons (Fsp3) is 0.261. The van der Waals surface area contributed by atoms with E-state index in [1.165, 1.54) is 4.68 Å². The predicted octanol–water partition coefficient (Wildman–Crippen LogP) is 5.37. The Balaban J connectivity index is 0.00000190. The number of benzene rings is 2. The Kier molecular flexibility index (Phi) is 12.3. The summed E-state index contributed by atoms with van der Waals surface area (Å²) in [6.45, 7) is 5.92. The molecule has 0 aliphatic heterocycles. The number of aromatic nitrogens is 2. The van der Waals surface area contributed by atoms with E-state index in [9.17, 15) is 9.90 Å². The summed E-state index contributed by atoms with van der Waals surface area (Å²) in [5.41, 5.74) is 3.27. The molecule has 2 aromatic carbocycles. The van der Waals surface area contributed by atoms with Gasteiger partial charge >= 0.3 is 0 Å². The van der Waals surface area contributed by atoms with Gasteiger partial charge in [0.2, 0.25) is 0 Å². The standard InChI is InChI=1S/C20H19ClN2O2.C2H6.CH3.Y/c1-13-5-3-4-6-16(13)18-19(24)17(22-23(2)20(18)25)12-9-14-7-10-15(21)11-8-14;1-2;;/h3-8,10-11,24H,9,12H2,1-2H3;1-2H3;1H3;/q;;-1;. The molecule has 0 atom stereocenters. The van der Waals surface area contributed by atoms with Gasteiger partial charge in [-0.25, -0.2) is 4.68 Å². The molecule has 29 heavy (non-hydrogen) atoms. The van der Waals surface area contributed by atoms with Crippen LogP contribution in [0.4, 0.5) is 0 Å². The van der Waals surface area contributed by atoms with Crippen molar-refractivity contribution >= 4 is 11.6 Å². The van der Waals surface area contributed by atoms with Gasteiger partial charge in [-0.05, 0) is 48.6 Å². The predicted molar refractivity (Wildman–Crippen MR) is 118 cm³/mol. The Morgan fingerprint density at radius 2 is 1.62 bits per heavy atom. The molecule has 0 unspecified atom stereocenters. The minimum Gasteiger partial charge on any atom is -0.505 e. The number of halogens is 1. The van der Waals surface area contributed by atoms with E-state index in [0.29, 0.717) is 29.1 Å². The van der Waals surface area contributed by atoms with Crippen molar-refractivity contribution in [1.29, 1.82) is 0 Å². The quantitative estimate of drug-likeness (QED) is 0.502. The fourth-order valence-corrected chi connectivity index (χ4v) is 2.99. The Morgan fingerprint density at radius 3 is 2.21 bits per heavy atom. The van der Waals surface area contributed by atoms with Crippen molar-refractivity contribution in [2.75, 3.05) is 0 Å². The molecule has 0 fully saturated rings. The van der Waals surface area contributed by atoms with Crippen LogP contribution in [0.5, 0.6) is 5.75 Å². The van der Waals surface area contributed by atoms with Gasteiger partial charge < -0.3 is 12.5 Å². The molecule has 4 nitrogen and oxygen atoms in total. The van der Waals surface area contributed by atoms with Gasteiger partial charge in [-0.15, -0.1) is 0 Å². The second-order valence-corrected chi connectivity index (χ2v) is 6.48. The maximum atomic E-state index is 12.5. The van der Waals surface area contributed by atoms with E-state index in [1.807, 2.05) is 69.3 Å². The molecule has 0 bridgehead atoms. The number of nitrogens with zero attached hydrogens (tertiary/aromatic N) is 2. The zero-order valence-electron chi connectivity index (χ0n) is 17.7. The van der Waals surface area contributed by atoms with Gasteiger partial charge in [0.05, 0.1) is 5.56 Å². The third kappa shape index (κ3) is 6.77. The zero-order chi connectivity index (χ0) is 20.0. The van der Waals surface area contributed by atoms with Crippen LogP contribution in [0.25, 0.3) is 11.1 Å². The summed E-state index contributed by atoms with van der Waals surface area (Å²) in [7, 11) is 1.61. The second-order valence-electron chi connectivity index (χ2n) is 6.04. The van der Waals surface area contributed by atoms with Gasteiger partial charge in [-0.2, -0.15) is 5.10 Å². The third-order valence-corrected chi connectivity index (χ3v) is 4.52. The molecular formula is C23H28ClN2O2Y-. The normalized spacial score (nSPS) is 9.55.